The smallest absolute Gasteiger partial charge is 0.0623 e. The fourth-order valence-electron chi connectivity index (χ4n) is 1.64. The third-order valence-corrected chi connectivity index (χ3v) is 3.98. The predicted molar refractivity (Wildman–Crippen MR) is 71.2 cm³/mol. The molecule has 16 heavy (non-hydrogen) atoms. The van der Waals surface area contributed by atoms with E-state index in [1.54, 1.807) is 7.11 Å². The van der Waals surface area contributed by atoms with Crippen molar-refractivity contribution in [3.05, 3.63) is 22.4 Å². The number of hydrogen-bond donors (Lipinski definition) is 1. The van der Waals surface area contributed by atoms with E-state index in [4.69, 9.17) is 4.74 Å². The number of rotatable bonds is 7. The summed E-state index contributed by atoms with van der Waals surface area (Å²) in [7, 11) is 3.83. The van der Waals surface area contributed by atoms with Crippen molar-refractivity contribution in [1.82, 2.24) is 5.32 Å². The molecule has 0 radical (unpaired) electrons. The van der Waals surface area contributed by atoms with Crippen LogP contribution in [0.15, 0.2) is 17.5 Å². The normalized spacial score (nSPS) is 14.0. The molecule has 2 nitrogen and oxygen atoms in total. The monoisotopic (exact) mass is 241 g/mol. The minimum atomic E-state index is -0.00938. The molecule has 0 spiro atoms. The Bertz CT molecular complexity index is 282. The fraction of sp³-hybridized carbons (Fsp3) is 0.692. The highest BCUT2D eigenvalue weighted by Gasteiger charge is 2.18. The van der Waals surface area contributed by atoms with Gasteiger partial charge in [0.1, 0.15) is 0 Å². The second-order valence-electron chi connectivity index (χ2n) is 4.77. The average Bonchev–Trinajstić information content (AvgIpc) is 2.77. The van der Waals surface area contributed by atoms with Crippen LogP contribution in [0.25, 0.3) is 0 Å². The van der Waals surface area contributed by atoms with Gasteiger partial charge in [-0.1, -0.05) is 6.07 Å². The Labute approximate surface area is 103 Å². The Morgan fingerprint density at radius 1 is 1.50 bits per heavy atom. The number of thiophene rings is 1. The molecule has 1 aromatic heterocycles. The molecule has 0 aliphatic carbocycles. The summed E-state index contributed by atoms with van der Waals surface area (Å²) in [6, 6.07) is 4.87. The van der Waals surface area contributed by atoms with Gasteiger partial charge in [0.2, 0.25) is 0 Å². The Morgan fingerprint density at radius 3 is 2.75 bits per heavy atom. The molecule has 1 unspecified atom stereocenters. The number of methoxy groups -OCH3 is 1. The zero-order chi connectivity index (χ0) is 12.0. The van der Waals surface area contributed by atoms with Crippen LogP contribution in [-0.2, 0) is 11.2 Å². The SMILES string of the molecule is CNC(CCC(C)(C)OC)Cc1cccs1. The third kappa shape index (κ3) is 4.64. The van der Waals surface area contributed by atoms with Gasteiger partial charge in [0.15, 0.2) is 0 Å². The van der Waals surface area contributed by atoms with Crippen molar-refractivity contribution in [2.45, 2.75) is 44.8 Å². The second-order valence-corrected chi connectivity index (χ2v) is 5.80. The van der Waals surface area contributed by atoms with E-state index in [0.29, 0.717) is 6.04 Å². The van der Waals surface area contributed by atoms with Crippen molar-refractivity contribution in [1.29, 1.82) is 0 Å². The minimum Gasteiger partial charge on any atom is -0.379 e. The Balaban J connectivity index is 2.38. The molecule has 0 saturated heterocycles. The van der Waals surface area contributed by atoms with Crippen LogP contribution >= 0.6 is 11.3 Å². The first-order chi connectivity index (χ1) is 7.57. The maximum atomic E-state index is 5.44. The lowest BCUT2D eigenvalue weighted by Gasteiger charge is -2.25. The quantitative estimate of drug-likeness (QED) is 0.792. The molecule has 1 aromatic rings. The van der Waals surface area contributed by atoms with Crippen LogP contribution in [0, 0.1) is 0 Å². The van der Waals surface area contributed by atoms with E-state index in [0.717, 1.165) is 19.3 Å². The Morgan fingerprint density at radius 2 is 2.25 bits per heavy atom. The van der Waals surface area contributed by atoms with Gasteiger partial charge in [-0.15, -0.1) is 11.3 Å². The summed E-state index contributed by atoms with van der Waals surface area (Å²) in [5.74, 6) is 0. The first kappa shape index (κ1) is 13.7. The van der Waals surface area contributed by atoms with E-state index in [2.05, 4.69) is 36.7 Å². The molecule has 1 atom stereocenters. The lowest BCUT2D eigenvalue weighted by atomic mass is 9.97. The molecule has 0 bridgehead atoms. The zero-order valence-electron chi connectivity index (χ0n) is 10.7. The van der Waals surface area contributed by atoms with Crippen molar-refractivity contribution < 1.29 is 4.74 Å². The predicted octanol–water partition coefficient (Wildman–Crippen LogP) is 3.08. The summed E-state index contributed by atoms with van der Waals surface area (Å²) in [4.78, 5) is 1.45. The van der Waals surface area contributed by atoms with Gasteiger partial charge in [-0.25, -0.2) is 0 Å². The summed E-state index contributed by atoms with van der Waals surface area (Å²) >= 11 is 1.83. The lowest BCUT2D eigenvalue weighted by Crippen LogP contribution is -2.31. The summed E-state index contributed by atoms with van der Waals surface area (Å²) in [5.41, 5.74) is -0.00938. The summed E-state index contributed by atoms with van der Waals surface area (Å²) in [6.45, 7) is 4.29. The summed E-state index contributed by atoms with van der Waals surface area (Å²) in [5, 5.41) is 5.53. The highest BCUT2D eigenvalue weighted by atomic mass is 32.1. The van der Waals surface area contributed by atoms with E-state index < -0.39 is 0 Å². The van der Waals surface area contributed by atoms with E-state index in [1.165, 1.54) is 4.88 Å². The van der Waals surface area contributed by atoms with Crippen LogP contribution in [0.2, 0.25) is 0 Å². The zero-order valence-corrected chi connectivity index (χ0v) is 11.6. The molecule has 1 N–H and O–H groups in total. The Hall–Kier alpha value is -0.380. The standard InChI is InChI=1S/C13H23NOS/c1-13(2,15-4)8-7-11(14-3)10-12-6-5-9-16-12/h5-6,9,11,14H,7-8,10H2,1-4H3. The van der Waals surface area contributed by atoms with Gasteiger partial charge in [-0.2, -0.15) is 0 Å². The average molecular weight is 241 g/mol. The fourth-order valence-corrected chi connectivity index (χ4v) is 2.43. The molecule has 0 aliphatic heterocycles. The Kier molecular flexibility index (Phi) is 5.46. The van der Waals surface area contributed by atoms with Gasteiger partial charge in [-0.05, 0) is 51.6 Å². The van der Waals surface area contributed by atoms with Gasteiger partial charge in [0.05, 0.1) is 5.60 Å². The minimum absolute atomic E-state index is 0.00938. The topological polar surface area (TPSA) is 21.3 Å². The molecular weight excluding hydrogens is 218 g/mol. The van der Waals surface area contributed by atoms with E-state index in [9.17, 15) is 0 Å². The largest absolute Gasteiger partial charge is 0.379 e. The second kappa shape index (κ2) is 6.38. The molecule has 0 aliphatic rings. The molecule has 0 saturated carbocycles. The highest BCUT2D eigenvalue weighted by molar-refractivity contribution is 7.09. The van der Waals surface area contributed by atoms with Crippen molar-refractivity contribution in [3.63, 3.8) is 0 Å². The van der Waals surface area contributed by atoms with Crippen molar-refractivity contribution in [2.75, 3.05) is 14.2 Å². The molecule has 0 amide bonds. The first-order valence-electron chi connectivity index (χ1n) is 5.82. The van der Waals surface area contributed by atoms with Crippen molar-refractivity contribution in [3.8, 4) is 0 Å². The summed E-state index contributed by atoms with van der Waals surface area (Å²) < 4.78 is 5.44. The van der Waals surface area contributed by atoms with Gasteiger partial charge in [-0.3, -0.25) is 0 Å². The van der Waals surface area contributed by atoms with Crippen LogP contribution in [0.3, 0.4) is 0 Å². The molecule has 1 heterocycles. The van der Waals surface area contributed by atoms with Crippen molar-refractivity contribution >= 4 is 11.3 Å². The van der Waals surface area contributed by atoms with Gasteiger partial charge in [0, 0.05) is 18.0 Å². The molecule has 1 rings (SSSR count). The van der Waals surface area contributed by atoms with Crippen LogP contribution < -0.4 is 5.32 Å². The van der Waals surface area contributed by atoms with Gasteiger partial charge >= 0.3 is 0 Å². The van der Waals surface area contributed by atoms with Crippen LogP contribution in [0.5, 0.6) is 0 Å². The van der Waals surface area contributed by atoms with Gasteiger partial charge < -0.3 is 10.1 Å². The number of nitrogens with one attached hydrogen (secondary N) is 1. The van der Waals surface area contributed by atoms with Crippen LogP contribution in [-0.4, -0.2) is 25.8 Å². The maximum Gasteiger partial charge on any atom is 0.0623 e. The summed E-state index contributed by atoms with van der Waals surface area (Å²) in [6.07, 6.45) is 3.35. The van der Waals surface area contributed by atoms with Gasteiger partial charge in [0.25, 0.3) is 0 Å². The van der Waals surface area contributed by atoms with E-state index in [-0.39, 0.29) is 5.60 Å². The number of hydrogen-bond acceptors (Lipinski definition) is 3. The molecular formula is C13H23NOS. The molecule has 3 heteroatoms. The number of likely N-dealkylation sites (N-methyl/N-ethyl adjacent to an activating group) is 1. The van der Waals surface area contributed by atoms with Crippen LogP contribution in [0.4, 0.5) is 0 Å². The molecule has 0 aromatic carbocycles. The molecule has 0 fully saturated rings. The lowest BCUT2D eigenvalue weighted by molar-refractivity contribution is 0.0119. The highest BCUT2D eigenvalue weighted by Crippen LogP contribution is 2.19. The third-order valence-electron chi connectivity index (χ3n) is 3.08. The van der Waals surface area contributed by atoms with Crippen molar-refractivity contribution in [2.24, 2.45) is 0 Å². The maximum absolute atomic E-state index is 5.44. The van der Waals surface area contributed by atoms with E-state index >= 15 is 0 Å². The van der Waals surface area contributed by atoms with E-state index in [1.807, 2.05) is 18.4 Å². The first-order valence-corrected chi connectivity index (χ1v) is 6.70. The number of ether oxygens (including phenoxy) is 1. The molecule has 92 valence electrons. The van der Waals surface area contributed by atoms with Crippen LogP contribution in [0.1, 0.15) is 31.6 Å².